The summed E-state index contributed by atoms with van der Waals surface area (Å²) in [6.07, 6.45) is 2.50. The molecule has 2 aliphatic heterocycles. The Morgan fingerprint density at radius 1 is 1.26 bits per heavy atom. The molecule has 0 bridgehead atoms. The average molecular weight is 371 g/mol. The van der Waals surface area contributed by atoms with E-state index in [2.05, 4.69) is 9.97 Å². The molecule has 1 saturated heterocycles. The van der Waals surface area contributed by atoms with Crippen LogP contribution in [0.1, 0.15) is 12.8 Å². The number of methoxy groups -OCH3 is 1. The third kappa shape index (κ3) is 3.89. The summed E-state index contributed by atoms with van der Waals surface area (Å²) in [5.74, 6) is 1.62. The van der Waals surface area contributed by atoms with E-state index < -0.39 is 6.10 Å². The number of para-hydroxylation sites is 2. The van der Waals surface area contributed by atoms with Crippen LogP contribution in [0, 0.1) is 0 Å². The van der Waals surface area contributed by atoms with Gasteiger partial charge < -0.3 is 23.8 Å². The van der Waals surface area contributed by atoms with Crippen molar-refractivity contribution in [3.05, 3.63) is 36.5 Å². The number of nitrogens with zero attached hydrogens (tertiary/aromatic N) is 3. The van der Waals surface area contributed by atoms with Crippen LogP contribution in [0.15, 0.2) is 36.5 Å². The van der Waals surface area contributed by atoms with Crippen molar-refractivity contribution in [2.75, 3.05) is 26.8 Å². The Morgan fingerprint density at radius 3 is 2.96 bits per heavy atom. The number of carbonyl (C=O) groups is 1. The van der Waals surface area contributed by atoms with Crippen molar-refractivity contribution in [1.82, 2.24) is 14.9 Å². The Kier molecular flexibility index (Phi) is 4.95. The number of amides is 1. The SMILES string of the molecule is COc1nccc(OC2CCCN(C(=O)C3COc4ccccc4O3)C2)n1. The van der Waals surface area contributed by atoms with Crippen molar-refractivity contribution in [3.63, 3.8) is 0 Å². The summed E-state index contributed by atoms with van der Waals surface area (Å²) in [5.41, 5.74) is 0. The number of aromatic nitrogens is 2. The Hall–Kier alpha value is -3.03. The van der Waals surface area contributed by atoms with Crippen molar-refractivity contribution >= 4 is 5.91 Å². The van der Waals surface area contributed by atoms with Crippen molar-refractivity contribution in [1.29, 1.82) is 0 Å². The van der Waals surface area contributed by atoms with Gasteiger partial charge in [-0.1, -0.05) is 12.1 Å². The average Bonchev–Trinajstić information content (AvgIpc) is 2.73. The molecule has 0 radical (unpaired) electrons. The highest BCUT2D eigenvalue weighted by Crippen LogP contribution is 2.31. The number of likely N-dealkylation sites (tertiary alicyclic amines) is 1. The summed E-state index contributed by atoms with van der Waals surface area (Å²) in [5, 5.41) is 0. The number of piperidine rings is 1. The summed E-state index contributed by atoms with van der Waals surface area (Å²) in [6.45, 7) is 1.36. The van der Waals surface area contributed by atoms with Gasteiger partial charge in [0.2, 0.25) is 12.0 Å². The van der Waals surface area contributed by atoms with Crippen LogP contribution in [0.5, 0.6) is 23.4 Å². The van der Waals surface area contributed by atoms with Crippen molar-refractivity contribution in [2.24, 2.45) is 0 Å². The molecule has 2 aliphatic rings. The van der Waals surface area contributed by atoms with E-state index in [1.54, 1.807) is 23.2 Å². The van der Waals surface area contributed by atoms with Gasteiger partial charge in [0.25, 0.3) is 5.91 Å². The van der Waals surface area contributed by atoms with E-state index in [9.17, 15) is 4.79 Å². The fraction of sp³-hybridized carbons (Fsp3) is 0.421. The smallest absolute Gasteiger partial charge is 0.319 e. The maximum Gasteiger partial charge on any atom is 0.319 e. The Bertz CT molecular complexity index is 815. The molecule has 27 heavy (non-hydrogen) atoms. The van der Waals surface area contributed by atoms with Crippen LogP contribution in [0.4, 0.5) is 0 Å². The van der Waals surface area contributed by atoms with E-state index in [1.165, 1.54) is 7.11 Å². The van der Waals surface area contributed by atoms with Gasteiger partial charge in [0.05, 0.1) is 13.7 Å². The first-order valence-corrected chi connectivity index (χ1v) is 8.94. The summed E-state index contributed by atoms with van der Waals surface area (Å²) in [6, 6.07) is 9.30. The highest BCUT2D eigenvalue weighted by atomic mass is 16.6. The first-order chi connectivity index (χ1) is 13.2. The molecule has 2 aromatic rings. The van der Waals surface area contributed by atoms with Gasteiger partial charge in [0.1, 0.15) is 12.7 Å². The molecule has 0 N–H and O–H groups in total. The molecule has 0 saturated carbocycles. The minimum Gasteiger partial charge on any atom is -0.485 e. The van der Waals surface area contributed by atoms with E-state index in [1.807, 2.05) is 18.2 Å². The van der Waals surface area contributed by atoms with Crippen LogP contribution in [0.25, 0.3) is 0 Å². The molecule has 2 atom stereocenters. The number of rotatable bonds is 4. The molecule has 142 valence electrons. The lowest BCUT2D eigenvalue weighted by molar-refractivity contribution is -0.143. The standard InChI is InChI=1S/C19H21N3O5/c1-24-19-20-9-8-17(21-19)26-13-5-4-10-22(11-13)18(23)16-12-25-14-6-2-3-7-15(14)27-16/h2-3,6-9,13,16H,4-5,10-12H2,1H3. The first-order valence-electron chi connectivity index (χ1n) is 8.94. The van der Waals surface area contributed by atoms with Crippen LogP contribution < -0.4 is 18.9 Å². The molecule has 1 amide bonds. The number of ether oxygens (including phenoxy) is 4. The van der Waals surface area contributed by atoms with Gasteiger partial charge in [-0.15, -0.1) is 0 Å². The predicted molar refractivity (Wildman–Crippen MR) is 95.2 cm³/mol. The fourth-order valence-electron chi connectivity index (χ4n) is 3.24. The molecule has 0 spiro atoms. The van der Waals surface area contributed by atoms with E-state index >= 15 is 0 Å². The molecule has 1 aromatic carbocycles. The van der Waals surface area contributed by atoms with Crippen molar-refractivity contribution in [2.45, 2.75) is 25.0 Å². The van der Waals surface area contributed by atoms with Gasteiger partial charge in [-0.05, 0) is 25.0 Å². The first kappa shape index (κ1) is 17.4. The molecule has 2 unspecified atom stereocenters. The third-order valence-electron chi connectivity index (χ3n) is 4.55. The maximum atomic E-state index is 12.9. The largest absolute Gasteiger partial charge is 0.485 e. The van der Waals surface area contributed by atoms with Crippen LogP contribution in [0.3, 0.4) is 0 Å². The lowest BCUT2D eigenvalue weighted by Crippen LogP contribution is -2.51. The Labute approximate surface area is 157 Å². The molecule has 8 heteroatoms. The van der Waals surface area contributed by atoms with E-state index in [4.69, 9.17) is 18.9 Å². The van der Waals surface area contributed by atoms with Gasteiger partial charge in [-0.3, -0.25) is 4.79 Å². The number of carbonyl (C=O) groups excluding carboxylic acids is 1. The second-order valence-corrected chi connectivity index (χ2v) is 6.41. The lowest BCUT2D eigenvalue weighted by Gasteiger charge is -2.35. The molecule has 0 aliphatic carbocycles. The van der Waals surface area contributed by atoms with Crippen molar-refractivity contribution in [3.8, 4) is 23.4 Å². The summed E-state index contributed by atoms with van der Waals surface area (Å²) in [4.78, 5) is 22.8. The predicted octanol–water partition coefficient (Wildman–Crippen LogP) is 1.70. The van der Waals surface area contributed by atoms with Crippen LogP contribution in [0.2, 0.25) is 0 Å². The van der Waals surface area contributed by atoms with Crippen molar-refractivity contribution < 1.29 is 23.7 Å². The van der Waals surface area contributed by atoms with E-state index in [-0.39, 0.29) is 24.6 Å². The number of hydrogen-bond donors (Lipinski definition) is 0. The summed E-state index contributed by atoms with van der Waals surface area (Å²) in [7, 11) is 1.50. The molecule has 1 aromatic heterocycles. The van der Waals surface area contributed by atoms with E-state index in [0.717, 1.165) is 12.8 Å². The minimum absolute atomic E-state index is 0.0851. The number of fused-ring (bicyclic) bond motifs is 1. The number of benzene rings is 1. The van der Waals surface area contributed by atoms with Gasteiger partial charge in [0, 0.05) is 18.8 Å². The molecule has 3 heterocycles. The lowest BCUT2D eigenvalue weighted by atomic mass is 10.1. The summed E-state index contributed by atoms with van der Waals surface area (Å²) >= 11 is 0. The minimum atomic E-state index is -0.641. The topological polar surface area (TPSA) is 83.0 Å². The zero-order valence-electron chi connectivity index (χ0n) is 15.0. The highest BCUT2D eigenvalue weighted by molar-refractivity contribution is 5.82. The van der Waals surface area contributed by atoms with Gasteiger partial charge in [0.15, 0.2) is 11.5 Å². The zero-order chi connectivity index (χ0) is 18.6. The zero-order valence-corrected chi connectivity index (χ0v) is 15.0. The molecule has 8 nitrogen and oxygen atoms in total. The molecule has 4 rings (SSSR count). The molecule has 1 fully saturated rings. The quantitative estimate of drug-likeness (QED) is 0.809. The fourth-order valence-corrected chi connectivity index (χ4v) is 3.24. The highest BCUT2D eigenvalue weighted by Gasteiger charge is 2.34. The second kappa shape index (κ2) is 7.69. The van der Waals surface area contributed by atoms with E-state index in [0.29, 0.717) is 30.5 Å². The second-order valence-electron chi connectivity index (χ2n) is 6.41. The van der Waals surface area contributed by atoms with Crippen LogP contribution in [-0.4, -0.2) is 59.8 Å². The van der Waals surface area contributed by atoms with Gasteiger partial charge in [-0.2, -0.15) is 4.98 Å². The molecular formula is C19H21N3O5. The molecular weight excluding hydrogens is 350 g/mol. The van der Waals surface area contributed by atoms with Crippen LogP contribution >= 0.6 is 0 Å². The maximum absolute atomic E-state index is 12.9. The number of hydrogen-bond acceptors (Lipinski definition) is 7. The normalized spacial score (nSPS) is 21.4. The summed E-state index contributed by atoms with van der Waals surface area (Å²) < 4.78 is 22.4. The van der Waals surface area contributed by atoms with Gasteiger partial charge >= 0.3 is 6.01 Å². The third-order valence-corrected chi connectivity index (χ3v) is 4.55. The Morgan fingerprint density at radius 2 is 2.11 bits per heavy atom. The van der Waals surface area contributed by atoms with Gasteiger partial charge in [-0.25, -0.2) is 4.98 Å². The monoisotopic (exact) mass is 371 g/mol. The van der Waals surface area contributed by atoms with Crippen LogP contribution in [-0.2, 0) is 4.79 Å². The Balaban J connectivity index is 1.38.